The van der Waals surface area contributed by atoms with Crippen molar-refractivity contribution < 1.29 is 8.42 Å². The van der Waals surface area contributed by atoms with Crippen molar-refractivity contribution in [2.75, 3.05) is 10.5 Å². The standard InChI is InChI=1S/C9H11N5O2S/c1-6-2-3-7(4-11-6)14-17(15,16)8-5-12-13-9(8)10/h2-5,14H,1H3,(H3,10,12,13). The molecule has 0 unspecified atom stereocenters. The van der Waals surface area contributed by atoms with Gasteiger partial charge in [-0.1, -0.05) is 0 Å². The fourth-order valence-electron chi connectivity index (χ4n) is 1.24. The Kier molecular flexibility index (Phi) is 2.72. The molecule has 0 aliphatic carbocycles. The van der Waals surface area contributed by atoms with Crippen LogP contribution >= 0.6 is 0 Å². The molecule has 8 heteroatoms. The van der Waals surface area contributed by atoms with E-state index < -0.39 is 10.0 Å². The molecule has 0 spiro atoms. The minimum absolute atomic E-state index is 0.00225. The molecule has 0 aliphatic heterocycles. The van der Waals surface area contributed by atoms with E-state index in [2.05, 4.69) is 19.9 Å². The maximum atomic E-state index is 11.9. The number of hydrogen-bond donors (Lipinski definition) is 3. The summed E-state index contributed by atoms with van der Waals surface area (Å²) in [7, 11) is -3.72. The average Bonchev–Trinajstić information content (AvgIpc) is 2.68. The summed E-state index contributed by atoms with van der Waals surface area (Å²) in [6.07, 6.45) is 2.59. The number of H-pyrrole nitrogens is 1. The van der Waals surface area contributed by atoms with Crippen LogP contribution in [0, 0.1) is 6.92 Å². The first-order valence-corrected chi connectivity index (χ1v) is 6.22. The van der Waals surface area contributed by atoms with Gasteiger partial charge in [0.15, 0.2) is 0 Å². The molecule has 0 amide bonds. The van der Waals surface area contributed by atoms with Gasteiger partial charge in [0.1, 0.15) is 10.7 Å². The molecule has 90 valence electrons. The summed E-state index contributed by atoms with van der Waals surface area (Å²) in [5, 5.41) is 5.92. The normalized spacial score (nSPS) is 11.4. The second kappa shape index (κ2) is 4.06. The van der Waals surface area contributed by atoms with Crippen molar-refractivity contribution in [3.05, 3.63) is 30.2 Å². The van der Waals surface area contributed by atoms with Crippen LogP contribution in [-0.2, 0) is 10.0 Å². The number of nitrogens with two attached hydrogens (primary N) is 1. The topological polar surface area (TPSA) is 114 Å². The summed E-state index contributed by atoms with van der Waals surface area (Å²) in [5.41, 5.74) is 6.62. The van der Waals surface area contributed by atoms with Crippen LogP contribution < -0.4 is 10.5 Å². The molecule has 7 nitrogen and oxygen atoms in total. The van der Waals surface area contributed by atoms with E-state index in [4.69, 9.17) is 5.73 Å². The average molecular weight is 253 g/mol. The van der Waals surface area contributed by atoms with E-state index >= 15 is 0 Å². The quantitative estimate of drug-likeness (QED) is 0.736. The molecular weight excluding hydrogens is 242 g/mol. The molecule has 0 aromatic carbocycles. The summed E-state index contributed by atoms with van der Waals surface area (Å²) in [5.74, 6) is -0.00225. The first-order valence-electron chi connectivity index (χ1n) is 4.73. The highest BCUT2D eigenvalue weighted by Crippen LogP contribution is 2.18. The van der Waals surface area contributed by atoms with Gasteiger partial charge in [-0.2, -0.15) is 5.10 Å². The third-order valence-electron chi connectivity index (χ3n) is 2.09. The van der Waals surface area contributed by atoms with E-state index in [-0.39, 0.29) is 10.7 Å². The number of aryl methyl sites for hydroxylation is 1. The number of pyridine rings is 1. The van der Waals surface area contributed by atoms with Gasteiger partial charge >= 0.3 is 0 Å². The second-order valence-electron chi connectivity index (χ2n) is 3.44. The van der Waals surface area contributed by atoms with E-state index in [1.807, 2.05) is 6.92 Å². The van der Waals surface area contributed by atoms with Crippen LogP contribution in [0.25, 0.3) is 0 Å². The van der Waals surface area contributed by atoms with Gasteiger partial charge in [0.2, 0.25) is 0 Å². The molecule has 4 N–H and O–H groups in total. The van der Waals surface area contributed by atoms with Crippen LogP contribution in [0.4, 0.5) is 11.5 Å². The first-order chi connectivity index (χ1) is 7.99. The first kappa shape index (κ1) is 11.4. The molecular formula is C9H11N5O2S. The Hall–Kier alpha value is -2.09. The van der Waals surface area contributed by atoms with Crippen molar-refractivity contribution in [2.24, 2.45) is 0 Å². The lowest BCUT2D eigenvalue weighted by molar-refractivity contribution is 0.601. The van der Waals surface area contributed by atoms with Gasteiger partial charge in [-0.3, -0.25) is 14.8 Å². The van der Waals surface area contributed by atoms with Gasteiger partial charge < -0.3 is 5.73 Å². The van der Waals surface area contributed by atoms with Crippen molar-refractivity contribution in [1.82, 2.24) is 15.2 Å². The van der Waals surface area contributed by atoms with E-state index in [9.17, 15) is 8.42 Å². The Morgan fingerprint density at radius 1 is 1.35 bits per heavy atom. The van der Waals surface area contributed by atoms with Crippen molar-refractivity contribution in [1.29, 1.82) is 0 Å². The Balaban J connectivity index is 2.30. The molecule has 2 heterocycles. The maximum absolute atomic E-state index is 11.9. The molecule has 2 aromatic heterocycles. The van der Waals surface area contributed by atoms with Gasteiger partial charge in [-0.05, 0) is 19.1 Å². The second-order valence-corrected chi connectivity index (χ2v) is 5.09. The molecule has 0 atom stereocenters. The molecule has 17 heavy (non-hydrogen) atoms. The van der Waals surface area contributed by atoms with Crippen LogP contribution in [0.2, 0.25) is 0 Å². The lowest BCUT2D eigenvalue weighted by Gasteiger charge is -2.06. The summed E-state index contributed by atoms with van der Waals surface area (Å²) in [6, 6.07) is 3.33. The Labute approximate surface area is 98.1 Å². The zero-order valence-corrected chi connectivity index (χ0v) is 9.82. The van der Waals surface area contributed by atoms with Crippen LogP contribution in [0.1, 0.15) is 5.69 Å². The highest BCUT2D eigenvalue weighted by molar-refractivity contribution is 7.92. The summed E-state index contributed by atoms with van der Waals surface area (Å²) < 4.78 is 26.1. The van der Waals surface area contributed by atoms with Crippen molar-refractivity contribution in [3.8, 4) is 0 Å². The number of hydrogen-bond acceptors (Lipinski definition) is 5. The van der Waals surface area contributed by atoms with E-state index in [0.717, 1.165) is 11.9 Å². The van der Waals surface area contributed by atoms with Gasteiger partial charge in [-0.15, -0.1) is 0 Å². The highest BCUT2D eigenvalue weighted by atomic mass is 32.2. The Morgan fingerprint density at radius 2 is 2.12 bits per heavy atom. The number of aromatic amines is 1. The van der Waals surface area contributed by atoms with E-state index in [1.165, 1.54) is 6.20 Å². The Morgan fingerprint density at radius 3 is 2.65 bits per heavy atom. The molecule has 0 saturated heterocycles. The largest absolute Gasteiger partial charge is 0.383 e. The summed E-state index contributed by atoms with van der Waals surface area (Å²) >= 11 is 0. The number of nitrogens with one attached hydrogen (secondary N) is 2. The third kappa shape index (κ3) is 2.36. The van der Waals surface area contributed by atoms with Gasteiger partial charge in [-0.25, -0.2) is 8.42 Å². The zero-order valence-electron chi connectivity index (χ0n) is 9.01. The lowest BCUT2D eigenvalue weighted by atomic mass is 10.4. The fourth-order valence-corrected chi connectivity index (χ4v) is 2.31. The number of rotatable bonds is 3. The van der Waals surface area contributed by atoms with Crippen molar-refractivity contribution >= 4 is 21.5 Å². The zero-order chi connectivity index (χ0) is 12.5. The highest BCUT2D eigenvalue weighted by Gasteiger charge is 2.19. The van der Waals surface area contributed by atoms with Crippen LogP contribution in [0.15, 0.2) is 29.4 Å². The lowest BCUT2D eigenvalue weighted by Crippen LogP contribution is -2.14. The molecule has 0 aliphatic rings. The monoisotopic (exact) mass is 253 g/mol. The van der Waals surface area contributed by atoms with Crippen LogP contribution in [0.3, 0.4) is 0 Å². The van der Waals surface area contributed by atoms with Crippen molar-refractivity contribution in [2.45, 2.75) is 11.8 Å². The number of aromatic nitrogens is 3. The molecule has 0 saturated carbocycles. The smallest absolute Gasteiger partial charge is 0.267 e. The maximum Gasteiger partial charge on any atom is 0.267 e. The fraction of sp³-hybridized carbons (Fsp3) is 0.111. The number of anilines is 2. The third-order valence-corrected chi connectivity index (χ3v) is 3.49. The van der Waals surface area contributed by atoms with Crippen LogP contribution in [-0.4, -0.2) is 23.6 Å². The molecule has 0 radical (unpaired) electrons. The molecule has 2 aromatic rings. The number of nitrogens with zero attached hydrogens (tertiary/aromatic N) is 2. The molecule has 0 fully saturated rings. The minimum Gasteiger partial charge on any atom is -0.383 e. The number of nitrogen functional groups attached to an aromatic ring is 1. The summed E-state index contributed by atoms with van der Waals surface area (Å²) in [6.45, 7) is 1.81. The van der Waals surface area contributed by atoms with Gasteiger partial charge in [0, 0.05) is 5.69 Å². The van der Waals surface area contributed by atoms with Crippen LogP contribution in [0.5, 0.6) is 0 Å². The van der Waals surface area contributed by atoms with Gasteiger partial charge in [0.25, 0.3) is 10.0 Å². The SMILES string of the molecule is Cc1ccc(NS(=O)(=O)c2cn[nH]c2N)cn1. The Bertz CT molecular complexity index is 617. The predicted molar refractivity (Wildman–Crippen MR) is 62.8 cm³/mol. The van der Waals surface area contributed by atoms with Crippen molar-refractivity contribution in [3.63, 3.8) is 0 Å². The molecule has 0 bridgehead atoms. The minimum atomic E-state index is -3.72. The predicted octanol–water partition coefficient (Wildman–Crippen LogP) is 0.496. The van der Waals surface area contributed by atoms with E-state index in [1.54, 1.807) is 12.1 Å². The van der Waals surface area contributed by atoms with Gasteiger partial charge in [0.05, 0.1) is 18.1 Å². The summed E-state index contributed by atoms with van der Waals surface area (Å²) in [4.78, 5) is 3.90. The van der Waals surface area contributed by atoms with E-state index in [0.29, 0.717) is 5.69 Å². The molecule has 2 rings (SSSR count). The number of sulfonamides is 1.